The van der Waals surface area contributed by atoms with Gasteiger partial charge in [-0.25, -0.2) is 0 Å². The lowest BCUT2D eigenvalue weighted by Crippen LogP contribution is -2.27. The minimum atomic E-state index is -0.453. The van der Waals surface area contributed by atoms with Crippen molar-refractivity contribution in [1.82, 2.24) is 4.90 Å². The van der Waals surface area contributed by atoms with Crippen LogP contribution in [-0.4, -0.2) is 39.3 Å². The van der Waals surface area contributed by atoms with Crippen molar-refractivity contribution in [3.8, 4) is 0 Å². The summed E-state index contributed by atoms with van der Waals surface area (Å²) in [5, 5.41) is 2.64. The van der Waals surface area contributed by atoms with Gasteiger partial charge in [-0.2, -0.15) is 0 Å². The molecule has 1 heterocycles. The number of hydrogen-bond donors (Lipinski definition) is 1. The van der Waals surface area contributed by atoms with Gasteiger partial charge in [0.15, 0.2) is 5.78 Å². The zero-order valence-corrected chi connectivity index (χ0v) is 16.9. The van der Waals surface area contributed by atoms with Gasteiger partial charge in [0.05, 0.1) is 5.25 Å². The molecule has 1 amide bonds. The van der Waals surface area contributed by atoms with Crippen LogP contribution in [0, 0.1) is 5.41 Å². The molecule has 1 atom stereocenters. The Morgan fingerprint density at radius 2 is 1.72 bits per heavy atom. The van der Waals surface area contributed by atoms with Gasteiger partial charge in [0.2, 0.25) is 5.91 Å². The van der Waals surface area contributed by atoms with Crippen molar-refractivity contribution in [2.24, 2.45) is 5.41 Å². The molecule has 0 aliphatic carbocycles. The van der Waals surface area contributed by atoms with Crippen molar-refractivity contribution >= 4 is 45.7 Å². The van der Waals surface area contributed by atoms with Crippen molar-refractivity contribution in [2.75, 3.05) is 18.4 Å². The number of anilines is 1. The predicted octanol–water partition coefficient (Wildman–Crippen LogP) is 4.36. The number of nitrogens with zero attached hydrogens (tertiary/aromatic N) is 1. The Hall–Kier alpha value is -1.40. The number of carbonyl (C=O) groups is 2. The Labute approximate surface area is 159 Å². The van der Waals surface area contributed by atoms with Crippen LogP contribution in [0.15, 0.2) is 24.3 Å². The molecule has 25 heavy (non-hydrogen) atoms. The van der Waals surface area contributed by atoms with Crippen LogP contribution in [0.4, 0.5) is 5.69 Å². The molecule has 1 aliphatic heterocycles. The van der Waals surface area contributed by atoms with Crippen LogP contribution < -0.4 is 5.32 Å². The van der Waals surface area contributed by atoms with E-state index < -0.39 is 5.41 Å². The zero-order valence-electron chi connectivity index (χ0n) is 15.3. The molecule has 1 fully saturated rings. The number of thioether (sulfide) groups is 1. The van der Waals surface area contributed by atoms with Gasteiger partial charge in [0, 0.05) is 29.8 Å². The summed E-state index contributed by atoms with van der Waals surface area (Å²) in [7, 11) is 0. The van der Waals surface area contributed by atoms with Crippen LogP contribution in [0.5, 0.6) is 0 Å². The Kier molecular flexibility index (Phi) is 6.63. The molecular weight excluding hydrogens is 352 g/mol. The van der Waals surface area contributed by atoms with E-state index >= 15 is 0 Å². The molecule has 136 valence electrons. The molecule has 6 heteroatoms. The Bertz CT molecular complexity index is 644. The summed E-state index contributed by atoms with van der Waals surface area (Å²) in [5.74, 6) is 0.00621. The first-order valence-corrected chi connectivity index (χ1v) is 9.88. The number of rotatable bonds is 4. The van der Waals surface area contributed by atoms with Crippen molar-refractivity contribution in [3.05, 3.63) is 29.8 Å². The van der Waals surface area contributed by atoms with Crippen molar-refractivity contribution in [2.45, 2.75) is 45.8 Å². The topological polar surface area (TPSA) is 49.4 Å². The second-order valence-electron chi connectivity index (χ2n) is 7.37. The number of hydrogen-bond acceptors (Lipinski definition) is 4. The van der Waals surface area contributed by atoms with Gasteiger partial charge in [-0.1, -0.05) is 44.8 Å². The quantitative estimate of drug-likeness (QED) is 0.623. The summed E-state index contributed by atoms with van der Waals surface area (Å²) < 4.78 is 0.812. The van der Waals surface area contributed by atoms with Gasteiger partial charge in [-0.3, -0.25) is 9.59 Å². The van der Waals surface area contributed by atoms with Crippen molar-refractivity contribution < 1.29 is 9.59 Å². The first-order valence-electron chi connectivity index (χ1n) is 8.60. The Morgan fingerprint density at radius 1 is 1.16 bits per heavy atom. The highest BCUT2D eigenvalue weighted by atomic mass is 32.2. The van der Waals surface area contributed by atoms with Gasteiger partial charge < -0.3 is 10.2 Å². The molecule has 1 N–H and O–H groups in total. The minimum absolute atomic E-state index is 0.0496. The largest absolute Gasteiger partial charge is 0.358 e. The molecule has 1 aromatic rings. The molecule has 1 aromatic carbocycles. The number of thiocarbonyl (C=S) groups is 1. The standard InChI is InChI=1S/C19H26N2O2S2/c1-13(25-18(24)21-11-5-6-12-21)16(22)14-7-9-15(10-8-14)20-17(23)19(2,3)4/h7-10,13H,5-6,11-12H2,1-4H3,(H,20,23)/t13-/m1/s1. The summed E-state index contributed by atoms with van der Waals surface area (Å²) >= 11 is 6.91. The van der Waals surface area contributed by atoms with Crippen LogP contribution in [-0.2, 0) is 4.79 Å². The number of likely N-dealkylation sites (tertiary alicyclic amines) is 1. The van der Waals surface area contributed by atoms with Crippen LogP contribution in [0.25, 0.3) is 0 Å². The van der Waals surface area contributed by atoms with Crippen LogP contribution in [0.3, 0.4) is 0 Å². The first kappa shape index (κ1) is 19.9. The molecule has 0 unspecified atom stereocenters. The molecule has 2 rings (SSSR count). The maximum Gasteiger partial charge on any atom is 0.229 e. The monoisotopic (exact) mass is 378 g/mol. The molecule has 0 bridgehead atoms. The smallest absolute Gasteiger partial charge is 0.229 e. The maximum absolute atomic E-state index is 12.6. The summed E-state index contributed by atoms with van der Waals surface area (Å²) in [5.41, 5.74) is 0.882. The number of nitrogens with one attached hydrogen (secondary N) is 1. The minimum Gasteiger partial charge on any atom is -0.358 e. The number of amides is 1. The lowest BCUT2D eigenvalue weighted by molar-refractivity contribution is -0.123. The molecule has 0 spiro atoms. The van der Waals surface area contributed by atoms with E-state index in [0.717, 1.165) is 17.4 Å². The molecule has 0 radical (unpaired) electrons. The van der Waals surface area contributed by atoms with Gasteiger partial charge in [-0.15, -0.1) is 0 Å². The number of carbonyl (C=O) groups excluding carboxylic acids is 2. The second-order valence-corrected chi connectivity index (χ2v) is 9.34. The molecular formula is C19H26N2O2S2. The number of benzene rings is 1. The SMILES string of the molecule is C[C@@H](SC(=S)N1CCCC1)C(=O)c1ccc(NC(=O)C(C)(C)C)cc1. The van der Waals surface area contributed by atoms with Gasteiger partial charge in [-0.05, 0) is 44.0 Å². The van der Waals surface area contributed by atoms with E-state index in [2.05, 4.69) is 10.2 Å². The van der Waals surface area contributed by atoms with Gasteiger partial charge >= 0.3 is 0 Å². The third kappa shape index (κ3) is 5.54. The first-order chi connectivity index (χ1) is 11.7. The van der Waals surface area contributed by atoms with E-state index in [9.17, 15) is 9.59 Å². The van der Waals surface area contributed by atoms with E-state index in [1.54, 1.807) is 24.3 Å². The molecule has 1 aliphatic rings. The highest BCUT2D eigenvalue weighted by Crippen LogP contribution is 2.24. The average molecular weight is 379 g/mol. The maximum atomic E-state index is 12.6. The van der Waals surface area contributed by atoms with E-state index in [4.69, 9.17) is 12.2 Å². The lowest BCUT2D eigenvalue weighted by Gasteiger charge is -2.20. The molecule has 1 saturated heterocycles. The van der Waals surface area contributed by atoms with E-state index in [1.165, 1.54) is 24.6 Å². The third-order valence-corrected chi connectivity index (χ3v) is 5.69. The van der Waals surface area contributed by atoms with E-state index in [1.807, 2.05) is 27.7 Å². The van der Waals surface area contributed by atoms with Gasteiger partial charge in [0.1, 0.15) is 4.32 Å². The van der Waals surface area contributed by atoms with E-state index in [-0.39, 0.29) is 16.9 Å². The van der Waals surface area contributed by atoms with Crippen LogP contribution in [0.1, 0.15) is 50.9 Å². The average Bonchev–Trinajstić information content (AvgIpc) is 3.08. The normalized spacial score (nSPS) is 15.8. The lowest BCUT2D eigenvalue weighted by atomic mass is 9.95. The fraction of sp³-hybridized carbons (Fsp3) is 0.526. The highest BCUT2D eigenvalue weighted by Gasteiger charge is 2.23. The van der Waals surface area contributed by atoms with Gasteiger partial charge in [0.25, 0.3) is 0 Å². The summed E-state index contributed by atoms with van der Waals surface area (Å²) in [6.45, 7) is 9.47. The van der Waals surface area contributed by atoms with Crippen molar-refractivity contribution in [3.63, 3.8) is 0 Å². The van der Waals surface area contributed by atoms with Crippen LogP contribution >= 0.6 is 24.0 Å². The fourth-order valence-electron chi connectivity index (χ4n) is 2.45. The van der Waals surface area contributed by atoms with E-state index in [0.29, 0.717) is 11.3 Å². The molecule has 0 saturated carbocycles. The predicted molar refractivity (Wildman–Crippen MR) is 109 cm³/mol. The summed E-state index contributed by atoms with van der Waals surface area (Å²) in [4.78, 5) is 26.8. The highest BCUT2D eigenvalue weighted by molar-refractivity contribution is 8.23. The zero-order chi connectivity index (χ0) is 18.6. The summed E-state index contributed by atoms with van der Waals surface area (Å²) in [6, 6.07) is 7.06. The second kappa shape index (κ2) is 8.32. The Balaban J connectivity index is 1.95. The Morgan fingerprint density at radius 3 is 2.24 bits per heavy atom. The number of ketones is 1. The molecule has 0 aromatic heterocycles. The van der Waals surface area contributed by atoms with Crippen molar-refractivity contribution in [1.29, 1.82) is 0 Å². The van der Waals surface area contributed by atoms with Crippen LogP contribution in [0.2, 0.25) is 0 Å². The molecule has 4 nitrogen and oxygen atoms in total. The fourth-order valence-corrected chi connectivity index (χ4v) is 3.94. The third-order valence-electron chi connectivity index (χ3n) is 4.12. The summed E-state index contributed by atoms with van der Waals surface area (Å²) in [6.07, 6.45) is 2.34. The number of Topliss-reactive ketones (excluding diaryl/α,β-unsaturated/α-hetero) is 1.